The predicted octanol–water partition coefficient (Wildman–Crippen LogP) is 2.08. The zero-order valence-corrected chi connectivity index (χ0v) is 15.2. The number of nitrogens with one attached hydrogen (secondary N) is 1. The Morgan fingerprint density at radius 3 is 2.63 bits per heavy atom. The van der Waals surface area contributed by atoms with Crippen LogP contribution in [0.25, 0.3) is 0 Å². The van der Waals surface area contributed by atoms with E-state index in [2.05, 4.69) is 10.3 Å². The van der Waals surface area contributed by atoms with Gasteiger partial charge in [0.2, 0.25) is 0 Å². The number of aromatic nitrogens is 1. The summed E-state index contributed by atoms with van der Waals surface area (Å²) in [6.45, 7) is 0.797. The maximum Gasteiger partial charge on any atom is 0.322 e. The van der Waals surface area contributed by atoms with E-state index in [0.717, 1.165) is 22.7 Å². The molecule has 2 aliphatic rings. The highest BCUT2D eigenvalue weighted by Gasteiger charge is 2.42. The highest BCUT2D eigenvalue weighted by Crippen LogP contribution is 2.36. The van der Waals surface area contributed by atoms with Crippen LogP contribution in [0.2, 0.25) is 0 Å². The van der Waals surface area contributed by atoms with Crippen molar-refractivity contribution in [2.45, 2.75) is 12.6 Å². The second-order valence-corrected chi connectivity index (χ2v) is 6.56. The smallest absolute Gasteiger partial charge is 0.322 e. The lowest BCUT2D eigenvalue weighted by atomic mass is 9.95. The predicted molar refractivity (Wildman–Crippen MR) is 98.7 cm³/mol. The maximum atomic E-state index is 13.1. The summed E-state index contributed by atoms with van der Waals surface area (Å²) in [6, 6.07) is 12.3. The van der Waals surface area contributed by atoms with E-state index in [1.54, 1.807) is 25.3 Å². The maximum absolute atomic E-state index is 13.1. The SMILES string of the molecule is COc1ccc([C@@H]2NC(=O)N(C)C3=C2C(=O)N(Cc2ccccn2)C3)cc1. The minimum absolute atomic E-state index is 0.0803. The number of carbonyl (C=O) groups excluding carboxylic acids is 2. The molecule has 7 nitrogen and oxygen atoms in total. The van der Waals surface area contributed by atoms with Crippen LogP contribution >= 0.6 is 0 Å². The van der Waals surface area contributed by atoms with Crippen LogP contribution in [0.4, 0.5) is 4.79 Å². The van der Waals surface area contributed by atoms with E-state index in [1.165, 1.54) is 4.90 Å². The molecule has 1 aromatic carbocycles. The molecule has 3 amide bonds. The average molecular weight is 364 g/mol. The van der Waals surface area contributed by atoms with Crippen molar-refractivity contribution in [1.82, 2.24) is 20.1 Å². The Labute approximate surface area is 157 Å². The number of nitrogens with zero attached hydrogens (tertiary/aromatic N) is 3. The fourth-order valence-corrected chi connectivity index (χ4v) is 3.48. The van der Waals surface area contributed by atoms with Crippen LogP contribution in [0.1, 0.15) is 17.3 Å². The largest absolute Gasteiger partial charge is 0.497 e. The molecule has 0 saturated carbocycles. The van der Waals surface area contributed by atoms with Crippen molar-refractivity contribution in [3.05, 3.63) is 71.2 Å². The molecule has 0 unspecified atom stereocenters. The van der Waals surface area contributed by atoms with Gasteiger partial charge in [0.05, 0.1) is 43.2 Å². The number of likely N-dealkylation sites (N-methyl/N-ethyl adjacent to an activating group) is 1. The molecule has 3 heterocycles. The Kier molecular flexibility index (Phi) is 4.27. The Bertz CT molecular complexity index is 909. The first-order chi connectivity index (χ1) is 13.1. The molecule has 2 aromatic rings. The van der Waals surface area contributed by atoms with Crippen molar-refractivity contribution in [1.29, 1.82) is 0 Å². The fourth-order valence-electron chi connectivity index (χ4n) is 3.48. The zero-order chi connectivity index (χ0) is 19.0. The van der Waals surface area contributed by atoms with Gasteiger partial charge >= 0.3 is 6.03 Å². The summed E-state index contributed by atoms with van der Waals surface area (Å²) in [4.78, 5) is 33.1. The highest BCUT2D eigenvalue weighted by molar-refractivity contribution is 6.01. The van der Waals surface area contributed by atoms with E-state index >= 15 is 0 Å². The molecule has 27 heavy (non-hydrogen) atoms. The molecule has 0 bridgehead atoms. The molecular weight excluding hydrogens is 344 g/mol. The molecule has 0 spiro atoms. The highest BCUT2D eigenvalue weighted by atomic mass is 16.5. The summed E-state index contributed by atoms with van der Waals surface area (Å²) in [5.41, 5.74) is 3.00. The molecule has 7 heteroatoms. The lowest BCUT2D eigenvalue weighted by Crippen LogP contribution is -2.45. The van der Waals surface area contributed by atoms with Crippen LogP contribution in [0, 0.1) is 0 Å². The van der Waals surface area contributed by atoms with E-state index in [0.29, 0.717) is 18.7 Å². The summed E-state index contributed by atoms with van der Waals surface area (Å²) in [6.07, 6.45) is 1.71. The molecule has 138 valence electrons. The van der Waals surface area contributed by atoms with Crippen molar-refractivity contribution in [2.75, 3.05) is 20.7 Å². The fraction of sp³-hybridized carbons (Fsp3) is 0.250. The second kappa shape index (κ2) is 6.75. The van der Waals surface area contributed by atoms with Gasteiger partial charge in [0, 0.05) is 13.2 Å². The topological polar surface area (TPSA) is 74.8 Å². The van der Waals surface area contributed by atoms with Crippen LogP contribution in [0.15, 0.2) is 59.9 Å². The van der Waals surface area contributed by atoms with E-state index < -0.39 is 6.04 Å². The Morgan fingerprint density at radius 2 is 1.96 bits per heavy atom. The number of amides is 3. The summed E-state index contributed by atoms with van der Waals surface area (Å²) < 4.78 is 5.20. The zero-order valence-electron chi connectivity index (χ0n) is 15.2. The Hall–Kier alpha value is -3.35. The summed E-state index contributed by atoms with van der Waals surface area (Å²) >= 11 is 0. The van der Waals surface area contributed by atoms with Crippen LogP contribution in [0.5, 0.6) is 5.75 Å². The van der Waals surface area contributed by atoms with Gasteiger partial charge in [-0.1, -0.05) is 18.2 Å². The number of carbonyl (C=O) groups is 2. The van der Waals surface area contributed by atoms with Gasteiger partial charge in [-0.15, -0.1) is 0 Å². The summed E-state index contributed by atoms with van der Waals surface area (Å²) in [5.74, 6) is 0.644. The summed E-state index contributed by atoms with van der Waals surface area (Å²) in [7, 11) is 3.29. The molecule has 0 radical (unpaired) electrons. The number of ether oxygens (including phenoxy) is 1. The van der Waals surface area contributed by atoms with E-state index in [4.69, 9.17) is 4.74 Å². The molecule has 1 N–H and O–H groups in total. The first kappa shape index (κ1) is 17.1. The van der Waals surface area contributed by atoms with Gasteiger partial charge < -0.3 is 15.0 Å². The second-order valence-electron chi connectivity index (χ2n) is 6.56. The van der Waals surface area contributed by atoms with Crippen molar-refractivity contribution in [3.8, 4) is 5.75 Å². The normalized spacial score (nSPS) is 19.3. The molecule has 4 rings (SSSR count). The minimum Gasteiger partial charge on any atom is -0.497 e. The number of rotatable bonds is 4. The molecule has 0 fully saturated rings. The van der Waals surface area contributed by atoms with Gasteiger partial charge in [0.25, 0.3) is 5.91 Å². The number of benzene rings is 1. The Morgan fingerprint density at radius 1 is 1.19 bits per heavy atom. The third kappa shape index (κ3) is 3.01. The van der Waals surface area contributed by atoms with Crippen LogP contribution in [0.3, 0.4) is 0 Å². The number of hydrogen-bond donors (Lipinski definition) is 1. The average Bonchev–Trinajstić information content (AvgIpc) is 3.02. The van der Waals surface area contributed by atoms with Gasteiger partial charge in [-0.25, -0.2) is 4.79 Å². The van der Waals surface area contributed by atoms with Gasteiger partial charge in [0.1, 0.15) is 5.75 Å². The third-order valence-electron chi connectivity index (χ3n) is 4.96. The van der Waals surface area contributed by atoms with E-state index in [1.807, 2.05) is 42.5 Å². The van der Waals surface area contributed by atoms with Crippen molar-refractivity contribution < 1.29 is 14.3 Å². The van der Waals surface area contributed by atoms with E-state index in [-0.39, 0.29) is 11.9 Å². The van der Waals surface area contributed by atoms with Gasteiger partial charge in [-0.2, -0.15) is 0 Å². The first-order valence-electron chi connectivity index (χ1n) is 8.69. The molecule has 1 atom stereocenters. The molecular formula is C20H20N4O3. The van der Waals surface area contributed by atoms with Crippen LogP contribution < -0.4 is 10.1 Å². The van der Waals surface area contributed by atoms with Crippen molar-refractivity contribution in [2.24, 2.45) is 0 Å². The first-order valence-corrected chi connectivity index (χ1v) is 8.69. The van der Waals surface area contributed by atoms with E-state index in [9.17, 15) is 9.59 Å². The van der Waals surface area contributed by atoms with Crippen molar-refractivity contribution >= 4 is 11.9 Å². The third-order valence-corrected chi connectivity index (χ3v) is 4.96. The monoisotopic (exact) mass is 364 g/mol. The van der Waals surface area contributed by atoms with Gasteiger partial charge in [-0.3, -0.25) is 14.7 Å². The van der Waals surface area contributed by atoms with Crippen LogP contribution in [-0.4, -0.2) is 47.4 Å². The number of hydrogen-bond acceptors (Lipinski definition) is 4. The molecule has 2 aliphatic heterocycles. The quantitative estimate of drug-likeness (QED) is 0.901. The summed E-state index contributed by atoms with van der Waals surface area (Å²) in [5, 5.41) is 2.93. The number of methoxy groups -OCH3 is 1. The lowest BCUT2D eigenvalue weighted by molar-refractivity contribution is -0.126. The Balaban J connectivity index is 1.66. The lowest BCUT2D eigenvalue weighted by Gasteiger charge is -2.31. The number of pyridine rings is 1. The van der Waals surface area contributed by atoms with Crippen LogP contribution in [-0.2, 0) is 11.3 Å². The molecule has 0 aliphatic carbocycles. The van der Waals surface area contributed by atoms with Gasteiger partial charge in [-0.05, 0) is 29.8 Å². The standard InChI is InChI=1S/C20H20N4O3/c1-23-16-12-24(11-14-5-3-4-10-21-14)19(25)17(16)18(22-20(23)26)13-6-8-15(27-2)9-7-13/h3-10,18H,11-12H2,1-2H3,(H,22,26)/t18-/m0/s1. The van der Waals surface area contributed by atoms with Crippen molar-refractivity contribution in [3.63, 3.8) is 0 Å². The van der Waals surface area contributed by atoms with Gasteiger partial charge in [0.15, 0.2) is 0 Å². The number of urea groups is 1. The molecule has 1 aromatic heterocycles. The molecule has 0 saturated heterocycles. The minimum atomic E-state index is -0.476.